The van der Waals surface area contributed by atoms with Crippen LogP contribution in [0.15, 0.2) is 73.1 Å². The first-order chi connectivity index (χ1) is 16.6. The summed E-state index contributed by atoms with van der Waals surface area (Å²) in [5.74, 6) is 0.0353. The SMILES string of the molecule is Cc1ccc(CC(=O)NC[C@@H]2CC[C@H]3CN(C(=O)c4cccnc4)c4ccccc4CN23)cc1. The van der Waals surface area contributed by atoms with E-state index in [-0.39, 0.29) is 23.9 Å². The van der Waals surface area contributed by atoms with Gasteiger partial charge < -0.3 is 10.2 Å². The van der Waals surface area contributed by atoms with Gasteiger partial charge in [0.2, 0.25) is 5.91 Å². The van der Waals surface area contributed by atoms with Gasteiger partial charge in [0.15, 0.2) is 0 Å². The summed E-state index contributed by atoms with van der Waals surface area (Å²) in [5, 5.41) is 3.16. The Morgan fingerprint density at radius 2 is 1.85 bits per heavy atom. The quantitative estimate of drug-likeness (QED) is 0.638. The molecule has 0 aliphatic carbocycles. The average Bonchev–Trinajstić information content (AvgIpc) is 3.15. The molecule has 2 atom stereocenters. The van der Waals surface area contributed by atoms with E-state index in [4.69, 9.17) is 0 Å². The lowest BCUT2D eigenvalue weighted by molar-refractivity contribution is -0.120. The third-order valence-corrected chi connectivity index (χ3v) is 6.97. The topological polar surface area (TPSA) is 65.5 Å². The maximum absolute atomic E-state index is 13.4. The Morgan fingerprint density at radius 3 is 2.65 bits per heavy atom. The maximum Gasteiger partial charge on any atom is 0.259 e. The molecule has 1 aromatic heterocycles. The lowest BCUT2D eigenvalue weighted by Gasteiger charge is -2.29. The fourth-order valence-corrected chi connectivity index (χ4v) is 5.12. The number of pyridine rings is 1. The first kappa shape index (κ1) is 22.3. The van der Waals surface area contributed by atoms with Gasteiger partial charge >= 0.3 is 0 Å². The molecule has 6 nitrogen and oxygen atoms in total. The van der Waals surface area contributed by atoms with E-state index in [0.29, 0.717) is 25.1 Å². The van der Waals surface area contributed by atoms with Gasteiger partial charge in [-0.3, -0.25) is 19.5 Å². The highest BCUT2D eigenvalue weighted by Gasteiger charge is 2.39. The minimum Gasteiger partial charge on any atom is -0.354 e. The lowest BCUT2D eigenvalue weighted by atomic mass is 10.1. The van der Waals surface area contributed by atoms with Crippen LogP contribution in [0.25, 0.3) is 0 Å². The maximum atomic E-state index is 13.4. The number of hydrogen-bond acceptors (Lipinski definition) is 4. The van der Waals surface area contributed by atoms with Crippen LogP contribution in [0.3, 0.4) is 0 Å². The summed E-state index contributed by atoms with van der Waals surface area (Å²) >= 11 is 0. The van der Waals surface area contributed by atoms with E-state index >= 15 is 0 Å². The van der Waals surface area contributed by atoms with Gasteiger partial charge in [0, 0.05) is 49.8 Å². The molecule has 3 aromatic rings. The molecule has 0 bridgehead atoms. The van der Waals surface area contributed by atoms with Gasteiger partial charge in [0.1, 0.15) is 0 Å². The Kier molecular flexibility index (Phi) is 6.41. The molecule has 0 saturated carbocycles. The Balaban J connectivity index is 1.29. The number of nitrogens with one attached hydrogen (secondary N) is 1. The van der Waals surface area contributed by atoms with Gasteiger partial charge in [-0.2, -0.15) is 0 Å². The molecule has 1 saturated heterocycles. The zero-order valence-corrected chi connectivity index (χ0v) is 19.5. The second-order valence-corrected chi connectivity index (χ2v) is 9.31. The number of aromatic nitrogens is 1. The molecule has 0 radical (unpaired) electrons. The Morgan fingerprint density at radius 1 is 1.03 bits per heavy atom. The van der Waals surface area contributed by atoms with Crippen LogP contribution in [-0.4, -0.2) is 46.9 Å². The van der Waals surface area contributed by atoms with Crippen LogP contribution in [0, 0.1) is 6.92 Å². The van der Waals surface area contributed by atoms with Crippen LogP contribution in [0.4, 0.5) is 5.69 Å². The van der Waals surface area contributed by atoms with Crippen LogP contribution in [0.2, 0.25) is 0 Å². The van der Waals surface area contributed by atoms with Crippen molar-refractivity contribution < 1.29 is 9.59 Å². The summed E-state index contributed by atoms with van der Waals surface area (Å²) in [7, 11) is 0. The number of anilines is 1. The van der Waals surface area contributed by atoms with Crippen molar-refractivity contribution >= 4 is 17.5 Å². The molecule has 2 aliphatic rings. The monoisotopic (exact) mass is 454 g/mol. The molecule has 174 valence electrons. The fraction of sp³-hybridized carbons (Fsp3) is 0.321. The number of aryl methyl sites for hydroxylation is 1. The van der Waals surface area contributed by atoms with Crippen molar-refractivity contribution in [1.29, 1.82) is 0 Å². The number of benzene rings is 2. The smallest absolute Gasteiger partial charge is 0.259 e. The molecule has 2 aliphatic heterocycles. The minimum absolute atomic E-state index is 0.0164. The number of carbonyl (C=O) groups excluding carboxylic acids is 2. The van der Waals surface area contributed by atoms with Crippen molar-refractivity contribution in [2.75, 3.05) is 18.0 Å². The minimum atomic E-state index is -0.0164. The number of nitrogens with zero attached hydrogens (tertiary/aromatic N) is 3. The predicted octanol–water partition coefficient (Wildman–Crippen LogP) is 3.74. The number of para-hydroxylation sites is 1. The average molecular weight is 455 g/mol. The summed E-state index contributed by atoms with van der Waals surface area (Å²) in [6.07, 6.45) is 5.72. The van der Waals surface area contributed by atoms with Gasteiger partial charge in [-0.15, -0.1) is 0 Å². The van der Waals surface area contributed by atoms with Gasteiger partial charge in [0.05, 0.1) is 12.0 Å². The molecular formula is C28H30N4O2. The highest BCUT2D eigenvalue weighted by molar-refractivity contribution is 6.06. The largest absolute Gasteiger partial charge is 0.354 e. The van der Waals surface area contributed by atoms with E-state index in [9.17, 15) is 9.59 Å². The lowest BCUT2D eigenvalue weighted by Crippen LogP contribution is -2.46. The second kappa shape index (κ2) is 9.77. The van der Waals surface area contributed by atoms with Gasteiger partial charge in [-0.1, -0.05) is 48.0 Å². The van der Waals surface area contributed by atoms with E-state index in [1.807, 2.05) is 60.4 Å². The number of hydrogen-bond donors (Lipinski definition) is 1. The van der Waals surface area contributed by atoms with E-state index in [0.717, 1.165) is 36.2 Å². The number of rotatable bonds is 5. The first-order valence-electron chi connectivity index (χ1n) is 12.0. The van der Waals surface area contributed by atoms with Crippen molar-refractivity contribution in [1.82, 2.24) is 15.2 Å². The molecule has 2 amide bonds. The Labute approximate surface area is 200 Å². The number of amides is 2. The van der Waals surface area contributed by atoms with Crippen molar-refractivity contribution in [2.45, 2.75) is 44.8 Å². The fourth-order valence-electron chi connectivity index (χ4n) is 5.12. The van der Waals surface area contributed by atoms with Crippen LogP contribution >= 0.6 is 0 Å². The van der Waals surface area contributed by atoms with Crippen molar-refractivity contribution in [3.8, 4) is 0 Å². The number of fused-ring (bicyclic) bond motifs is 2. The molecular weight excluding hydrogens is 424 g/mol. The molecule has 0 spiro atoms. The van der Waals surface area contributed by atoms with Crippen LogP contribution in [0.1, 0.15) is 39.9 Å². The van der Waals surface area contributed by atoms with Crippen LogP contribution in [0.5, 0.6) is 0 Å². The molecule has 6 heteroatoms. The van der Waals surface area contributed by atoms with Crippen molar-refractivity contribution in [3.05, 3.63) is 95.3 Å². The Bertz CT molecular complexity index is 1160. The third kappa shape index (κ3) is 4.73. The zero-order valence-electron chi connectivity index (χ0n) is 19.5. The summed E-state index contributed by atoms with van der Waals surface area (Å²) in [6, 6.07) is 20.4. The first-order valence-corrected chi connectivity index (χ1v) is 12.0. The number of carbonyl (C=O) groups is 2. The Hall–Kier alpha value is -3.51. The van der Waals surface area contributed by atoms with Gasteiger partial charge in [0.25, 0.3) is 5.91 Å². The molecule has 5 rings (SSSR count). The van der Waals surface area contributed by atoms with E-state index < -0.39 is 0 Å². The van der Waals surface area contributed by atoms with Crippen LogP contribution in [-0.2, 0) is 17.8 Å². The predicted molar refractivity (Wildman–Crippen MR) is 133 cm³/mol. The van der Waals surface area contributed by atoms with Crippen LogP contribution < -0.4 is 10.2 Å². The molecule has 2 aromatic carbocycles. The van der Waals surface area contributed by atoms with E-state index in [1.54, 1.807) is 18.5 Å². The van der Waals surface area contributed by atoms with Gasteiger partial charge in [-0.25, -0.2) is 0 Å². The normalized spacial score (nSPS) is 19.7. The second-order valence-electron chi connectivity index (χ2n) is 9.31. The summed E-state index contributed by atoms with van der Waals surface area (Å²) < 4.78 is 0. The van der Waals surface area contributed by atoms with E-state index in [2.05, 4.69) is 21.3 Å². The van der Waals surface area contributed by atoms with Crippen molar-refractivity contribution in [2.24, 2.45) is 0 Å². The molecule has 1 fully saturated rings. The summed E-state index contributed by atoms with van der Waals surface area (Å²) in [4.78, 5) is 34.5. The molecule has 1 N–H and O–H groups in total. The highest BCUT2D eigenvalue weighted by Crippen LogP contribution is 2.35. The van der Waals surface area contributed by atoms with Gasteiger partial charge in [-0.05, 0) is 49.1 Å². The summed E-state index contributed by atoms with van der Waals surface area (Å²) in [5.41, 5.74) is 4.93. The molecule has 34 heavy (non-hydrogen) atoms. The molecule has 3 heterocycles. The summed E-state index contributed by atoms with van der Waals surface area (Å²) in [6.45, 7) is 4.08. The van der Waals surface area contributed by atoms with E-state index in [1.165, 1.54) is 5.56 Å². The third-order valence-electron chi connectivity index (χ3n) is 6.97. The standard InChI is InChI=1S/C28H30N4O2/c1-20-8-10-21(11-9-20)15-27(33)30-17-24-12-13-25-19-32(28(34)22-6-4-14-29-16-22)26-7-3-2-5-23(26)18-31(24)25/h2-11,14,16,24-25H,12-13,15,17-19H2,1H3,(H,30,33)/t24-,25-/m0/s1. The zero-order chi connectivity index (χ0) is 23.5. The van der Waals surface area contributed by atoms with Crippen molar-refractivity contribution in [3.63, 3.8) is 0 Å². The highest BCUT2D eigenvalue weighted by atomic mass is 16.2. The molecule has 0 unspecified atom stereocenters.